The molecule has 1 aliphatic rings. The molecule has 136 valence electrons. The fraction of sp³-hybridized carbons (Fsp3) is 0.500. The third kappa shape index (κ3) is 5.77. The highest BCUT2D eigenvalue weighted by molar-refractivity contribution is 5.82. The number of nitrogens with one attached hydrogen (secondary N) is 1. The summed E-state index contributed by atoms with van der Waals surface area (Å²) in [6.45, 7) is 2.18. The van der Waals surface area contributed by atoms with E-state index in [0.29, 0.717) is 19.4 Å². The molecule has 0 radical (unpaired) electrons. The number of amides is 1. The van der Waals surface area contributed by atoms with Crippen LogP contribution in [-0.2, 0) is 30.4 Å². The van der Waals surface area contributed by atoms with Gasteiger partial charge in [0.25, 0.3) is 0 Å². The van der Waals surface area contributed by atoms with Crippen LogP contribution >= 0.6 is 0 Å². The monoisotopic (exact) mass is 349 g/mol. The van der Waals surface area contributed by atoms with Crippen molar-refractivity contribution in [3.05, 3.63) is 35.9 Å². The van der Waals surface area contributed by atoms with Gasteiger partial charge in [0.2, 0.25) is 0 Å². The number of benzene rings is 1. The van der Waals surface area contributed by atoms with Gasteiger partial charge in [-0.3, -0.25) is 4.79 Å². The topological polar surface area (TPSA) is 90.9 Å². The maximum Gasteiger partial charge on any atom is 0.408 e. The molecule has 0 spiro atoms. The molecule has 0 aromatic heterocycles. The molecule has 1 aromatic rings. The predicted molar refractivity (Wildman–Crippen MR) is 88.4 cm³/mol. The molecule has 0 heterocycles. The summed E-state index contributed by atoms with van der Waals surface area (Å²) in [5.41, 5.74) is 0.844. The average Bonchev–Trinajstić information content (AvgIpc) is 3.39. The molecular formula is C18H23NO6. The Morgan fingerprint density at radius 3 is 2.56 bits per heavy atom. The van der Waals surface area contributed by atoms with Crippen LogP contribution in [0.4, 0.5) is 4.79 Å². The minimum Gasteiger partial charge on any atom is -0.467 e. The Balaban J connectivity index is 1.82. The summed E-state index contributed by atoms with van der Waals surface area (Å²) in [6, 6.07) is 8.37. The van der Waals surface area contributed by atoms with E-state index in [-0.39, 0.29) is 24.4 Å². The first-order valence-electron chi connectivity index (χ1n) is 8.26. The molecule has 0 saturated heterocycles. The van der Waals surface area contributed by atoms with Gasteiger partial charge in [0.1, 0.15) is 12.6 Å². The minimum atomic E-state index is -0.849. The van der Waals surface area contributed by atoms with E-state index in [1.807, 2.05) is 30.3 Å². The van der Waals surface area contributed by atoms with Crippen molar-refractivity contribution in [3.8, 4) is 0 Å². The molecular weight excluding hydrogens is 326 g/mol. The first kappa shape index (κ1) is 18.8. The summed E-state index contributed by atoms with van der Waals surface area (Å²) >= 11 is 0. The average molecular weight is 349 g/mol. The quantitative estimate of drug-likeness (QED) is 0.570. The van der Waals surface area contributed by atoms with Crippen LogP contribution in [0, 0.1) is 11.8 Å². The van der Waals surface area contributed by atoms with Gasteiger partial charge in [0, 0.05) is 0 Å². The van der Waals surface area contributed by atoms with Gasteiger partial charge in [-0.2, -0.15) is 0 Å². The molecule has 1 aliphatic carbocycles. The second-order valence-electron chi connectivity index (χ2n) is 5.87. The van der Waals surface area contributed by atoms with Gasteiger partial charge < -0.3 is 19.5 Å². The first-order chi connectivity index (χ1) is 12.0. The van der Waals surface area contributed by atoms with Crippen molar-refractivity contribution in [3.63, 3.8) is 0 Å². The van der Waals surface area contributed by atoms with E-state index in [1.165, 1.54) is 7.11 Å². The van der Waals surface area contributed by atoms with E-state index in [4.69, 9.17) is 14.2 Å². The Labute approximate surface area is 146 Å². The summed E-state index contributed by atoms with van der Waals surface area (Å²) in [7, 11) is 1.25. The number of alkyl carbamates (subject to hydrolysis) is 1. The zero-order chi connectivity index (χ0) is 18.2. The second kappa shape index (κ2) is 9.05. The Kier molecular flexibility index (Phi) is 6.80. The Morgan fingerprint density at radius 2 is 1.92 bits per heavy atom. The molecule has 0 aliphatic heterocycles. The maximum absolute atomic E-state index is 11.9. The van der Waals surface area contributed by atoms with Crippen LogP contribution in [0.1, 0.15) is 25.3 Å². The molecule has 0 unspecified atom stereocenters. The number of carbonyl (C=O) groups is 3. The van der Waals surface area contributed by atoms with Gasteiger partial charge in [-0.15, -0.1) is 0 Å². The van der Waals surface area contributed by atoms with E-state index in [9.17, 15) is 14.4 Å². The highest BCUT2D eigenvalue weighted by Crippen LogP contribution is 2.43. The second-order valence-corrected chi connectivity index (χ2v) is 5.87. The number of hydrogen-bond donors (Lipinski definition) is 1. The Hall–Kier alpha value is -2.57. The Morgan fingerprint density at radius 1 is 1.20 bits per heavy atom. The molecule has 3 atom stereocenters. The van der Waals surface area contributed by atoms with Gasteiger partial charge in [-0.1, -0.05) is 30.3 Å². The molecule has 7 heteroatoms. The molecule has 0 bridgehead atoms. The predicted octanol–water partition coefficient (Wildman–Crippen LogP) is 2.04. The first-order valence-corrected chi connectivity index (χ1v) is 8.26. The van der Waals surface area contributed by atoms with E-state index < -0.39 is 18.1 Å². The summed E-state index contributed by atoms with van der Waals surface area (Å²) < 4.78 is 14.8. The van der Waals surface area contributed by atoms with Crippen LogP contribution in [0.2, 0.25) is 0 Å². The van der Waals surface area contributed by atoms with Crippen molar-refractivity contribution in [2.75, 3.05) is 13.7 Å². The number of rotatable bonds is 8. The SMILES string of the molecule is CCOC(=O)[C@@H]1C[C@@H]1C[C@@H](NC(=O)OCc1ccccc1)C(=O)OC. The largest absolute Gasteiger partial charge is 0.467 e. The van der Waals surface area contributed by atoms with Crippen LogP contribution in [-0.4, -0.2) is 37.8 Å². The minimum absolute atomic E-state index is 0.00225. The highest BCUT2D eigenvalue weighted by atomic mass is 16.6. The van der Waals surface area contributed by atoms with Crippen LogP contribution in [0.15, 0.2) is 30.3 Å². The number of carbonyl (C=O) groups excluding carboxylic acids is 3. The summed E-state index contributed by atoms with van der Waals surface area (Å²) in [5, 5.41) is 2.51. The van der Waals surface area contributed by atoms with Crippen LogP contribution in [0.5, 0.6) is 0 Å². The van der Waals surface area contributed by atoms with E-state index >= 15 is 0 Å². The summed E-state index contributed by atoms with van der Waals surface area (Å²) in [6.07, 6.45) is 0.261. The molecule has 1 aromatic carbocycles. The zero-order valence-corrected chi connectivity index (χ0v) is 14.4. The van der Waals surface area contributed by atoms with Crippen LogP contribution in [0.3, 0.4) is 0 Å². The fourth-order valence-electron chi connectivity index (χ4n) is 2.61. The molecule has 7 nitrogen and oxygen atoms in total. The van der Waals surface area contributed by atoms with E-state index in [0.717, 1.165) is 5.56 Å². The molecule has 1 amide bonds. The van der Waals surface area contributed by atoms with Crippen molar-refractivity contribution in [2.24, 2.45) is 11.8 Å². The van der Waals surface area contributed by atoms with Gasteiger partial charge in [0.15, 0.2) is 0 Å². The zero-order valence-electron chi connectivity index (χ0n) is 14.4. The van der Waals surface area contributed by atoms with Crippen molar-refractivity contribution in [1.82, 2.24) is 5.32 Å². The lowest BCUT2D eigenvalue weighted by molar-refractivity contribution is -0.146. The van der Waals surface area contributed by atoms with E-state index in [2.05, 4.69) is 5.32 Å². The Bertz CT molecular complexity index is 603. The van der Waals surface area contributed by atoms with Gasteiger partial charge in [-0.25, -0.2) is 9.59 Å². The van der Waals surface area contributed by atoms with Crippen LogP contribution < -0.4 is 5.32 Å². The lowest BCUT2D eigenvalue weighted by atomic mass is 10.1. The summed E-state index contributed by atoms with van der Waals surface area (Å²) in [5.74, 6) is -1.04. The molecule has 1 N–H and O–H groups in total. The van der Waals surface area contributed by atoms with Gasteiger partial charge in [-0.05, 0) is 31.2 Å². The van der Waals surface area contributed by atoms with Crippen molar-refractivity contribution < 1.29 is 28.6 Å². The number of ether oxygens (including phenoxy) is 3. The molecule has 2 rings (SSSR count). The van der Waals surface area contributed by atoms with Crippen molar-refractivity contribution >= 4 is 18.0 Å². The third-order valence-electron chi connectivity index (χ3n) is 4.04. The van der Waals surface area contributed by atoms with Crippen molar-refractivity contribution in [1.29, 1.82) is 0 Å². The smallest absolute Gasteiger partial charge is 0.408 e. The van der Waals surface area contributed by atoms with Gasteiger partial charge >= 0.3 is 18.0 Å². The van der Waals surface area contributed by atoms with Gasteiger partial charge in [0.05, 0.1) is 19.6 Å². The van der Waals surface area contributed by atoms with Crippen LogP contribution in [0.25, 0.3) is 0 Å². The lowest BCUT2D eigenvalue weighted by Crippen LogP contribution is -2.42. The molecule has 25 heavy (non-hydrogen) atoms. The number of hydrogen-bond acceptors (Lipinski definition) is 6. The number of methoxy groups -OCH3 is 1. The normalized spacial score (nSPS) is 19.4. The van der Waals surface area contributed by atoms with Crippen molar-refractivity contribution in [2.45, 2.75) is 32.4 Å². The standard InChI is InChI=1S/C18H23NO6/c1-3-24-16(20)14-9-13(14)10-15(17(21)23-2)19-18(22)25-11-12-7-5-4-6-8-12/h4-8,13-15H,3,9-11H2,1-2H3,(H,19,22)/t13-,14-,15-/m1/s1. The fourth-order valence-corrected chi connectivity index (χ4v) is 2.61. The highest BCUT2D eigenvalue weighted by Gasteiger charge is 2.46. The maximum atomic E-state index is 11.9. The molecule has 1 fully saturated rings. The summed E-state index contributed by atoms with van der Waals surface area (Å²) in [4.78, 5) is 35.5. The molecule has 1 saturated carbocycles. The lowest BCUT2D eigenvalue weighted by Gasteiger charge is -2.16. The number of esters is 2. The third-order valence-corrected chi connectivity index (χ3v) is 4.04. The van der Waals surface area contributed by atoms with E-state index in [1.54, 1.807) is 6.92 Å².